The van der Waals surface area contributed by atoms with Crippen LogP contribution in [0, 0.1) is 11.8 Å². The second-order valence-electron chi connectivity index (χ2n) is 7.49. The lowest BCUT2D eigenvalue weighted by atomic mass is 9.59. The molecular weight excluding hydrogens is 292 g/mol. The van der Waals surface area contributed by atoms with Crippen molar-refractivity contribution in [2.45, 2.75) is 63.1 Å². The number of aryl methyl sites for hydroxylation is 1. The molecule has 3 aliphatic carbocycles. The predicted octanol–water partition coefficient (Wildman–Crippen LogP) is 2.73. The summed E-state index contributed by atoms with van der Waals surface area (Å²) >= 11 is 0. The molecule has 5 atom stereocenters. The molecule has 0 heterocycles. The Hall–Kier alpha value is -1.26. The summed E-state index contributed by atoms with van der Waals surface area (Å²) in [6.45, 7) is 2.46. The largest absolute Gasteiger partial charge is 0.504 e. The summed E-state index contributed by atoms with van der Waals surface area (Å²) < 4.78 is 5.57. The molecule has 0 amide bonds. The third kappa shape index (κ3) is 2.18. The molecule has 1 aromatic rings. The van der Waals surface area contributed by atoms with Crippen LogP contribution in [0.15, 0.2) is 12.1 Å². The average molecular weight is 318 g/mol. The molecule has 3 aliphatic rings. The number of hydrogen-bond donors (Lipinski definition) is 3. The first-order chi connectivity index (χ1) is 11.0. The zero-order valence-corrected chi connectivity index (χ0v) is 13.7. The zero-order valence-electron chi connectivity index (χ0n) is 13.7. The summed E-state index contributed by atoms with van der Waals surface area (Å²) in [7, 11) is 0. The smallest absolute Gasteiger partial charge is 0.161 e. The lowest BCUT2D eigenvalue weighted by Crippen LogP contribution is -2.51. The first-order valence-corrected chi connectivity index (χ1v) is 8.93. The highest BCUT2D eigenvalue weighted by molar-refractivity contribution is 5.49. The molecule has 0 aromatic heterocycles. The summed E-state index contributed by atoms with van der Waals surface area (Å²) in [6.07, 6.45) is 4.61. The molecule has 2 fully saturated rings. The van der Waals surface area contributed by atoms with E-state index in [9.17, 15) is 15.3 Å². The highest BCUT2D eigenvalue weighted by Gasteiger charge is 2.56. The van der Waals surface area contributed by atoms with Crippen molar-refractivity contribution in [2.75, 3.05) is 6.61 Å². The van der Waals surface area contributed by atoms with E-state index in [2.05, 4.69) is 0 Å². The van der Waals surface area contributed by atoms with Crippen molar-refractivity contribution in [1.29, 1.82) is 0 Å². The molecule has 0 spiro atoms. The number of phenolic OH excluding ortho intramolecular Hbond substituents is 1. The summed E-state index contributed by atoms with van der Waals surface area (Å²) in [5.74, 6) is 1.84. The van der Waals surface area contributed by atoms with Crippen molar-refractivity contribution in [1.82, 2.24) is 0 Å². The first kappa shape index (κ1) is 15.3. The number of fused-ring (bicyclic) bond motifs is 5. The topological polar surface area (TPSA) is 69.9 Å². The van der Waals surface area contributed by atoms with E-state index in [0.717, 1.165) is 32.1 Å². The van der Waals surface area contributed by atoms with E-state index >= 15 is 0 Å². The molecular formula is C19H26O4. The van der Waals surface area contributed by atoms with Crippen molar-refractivity contribution in [2.24, 2.45) is 11.8 Å². The van der Waals surface area contributed by atoms with Gasteiger partial charge in [-0.1, -0.05) is 0 Å². The van der Waals surface area contributed by atoms with Gasteiger partial charge in [0, 0.05) is 0 Å². The maximum Gasteiger partial charge on any atom is 0.161 e. The van der Waals surface area contributed by atoms with Crippen LogP contribution >= 0.6 is 0 Å². The molecule has 4 heteroatoms. The number of ether oxygens (including phenoxy) is 1. The molecule has 3 N–H and O–H groups in total. The van der Waals surface area contributed by atoms with E-state index in [1.54, 1.807) is 0 Å². The van der Waals surface area contributed by atoms with Gasteiger partial charge in [-0.3, -0.25) is 0 Å². The van der Waals surface area contributed by atoms with E-state index in [-0.39, 0.29) is 11.7 Å². The van der Waals surface area contributed by atoms with Gasteiger partial charge in [0.25, 0.3) is 0 Å². The van der Waals surface area contributed by atoms with Crippen molar-refractivity contribution < 1.29 is 20.1 Å². The van der Waals surface area contributed by atoms with Crippen LogP contribution in [-0.4, -0.2) is 33.6 Å². The quantitative estimate of drug-likeness (QED) is 0.784. The van der Waals surface area contributed by atoms with Crippen LogP contribution in [0.4, 0.5) is 0 Å². The van der Waals surface area contributed by atoms with Gasteiger partial charge >= 0.3 is 0 Å². The Bertz CT molecular complexity index is 614. The van der Waals surface area contributed by atoms with Crippen LogP contribution in [0.25, 0.3) is 0 Å². The second-order valence-corrected chi connectivity index (χ2v) is 7.49. The van der Waals surface area contributed by atoms with Crippen molar-refractivity contribution in [3.8, 4) is 11.5 Å². The Balaban J connectivity index is 1.70. The summed E-state index contributed by atoms with van der Waals surface area (Å²) in [6, 6.07) is 3.88. The van der Waals surface area contributed by atoms with Gasteiger partial charge in [-0.2, -0.15) is 0 Å². The standard InChI is InChI=1S/C19H26O4/c1-2-23-17-10-14-11(9-16(17)20)3-4-13-12(14)7-8-19(22)15(13)5-6-18(19)21/h9-10,12-13,15,18,20-22H,2-8H2,1H3/t12?,13?,15?,18-,19+/m0/s1. The van der Waals surface area contributed by atoms with Crippen LogP contribution in [-0.2, 0) is 6.42 Å². The lowest BCUT2D eigenvalue weighted by molar-refractivity contribution is -0.123. The third-order valence-corrected chi connectivity index (χ3v) is 6.53. The van der Waals surface area contributed by atoms with Gasteiger partial charge < -0.3 is 20.1 Å². The van der Waals surface area contributed by atoms with Gasteiger partial charge in [0.1, 0.15) is 0 Å². The Labute approximate surface area is 137 Å². The Morgan fingerprint density at radius 1 is 1.22 bits per heavy atom. The fourth-order valence-electron chi connectivity index (χ4n) is 5.47. The van der Waals surface area contributed by atoms with Crippen LogP contribution in [0.1, 0.15) is 56.1 Å². The van der Waals surface area contributed by atoms with E-state index in [0.29, 0.717) is 30.6 Å². The zero-order chi connectivity index (χ0) is 16.2. The third-order valence-electron chi connectivity index (χ3n) is 6.53. The minimum atomic E-state index is -0.877. The Morgan fingerprint density at radius 2 is 2.04 bits per heavy atom. The molecule has 1 aromatic carbocycles. The molecule has 2 saturated carbocycles. The van der Waals surface area contributed by atoms with Crippen LogP contribution in [0.3, 0.4) is 0 Å². The number of rotatable bonds is 2. The monoisotopic (exact) mass is 318 g/mol. The van der Waals surface area contributed by atoms with E-state index in [4.69, 9.17) is 4.74 Å². The minimum Gasteiger partial charge on any atom is -0.504 e. The number of aliphatic hydroxyl groups excluding tert-OH is 1. The molecule has 0 aliphatic heterocycles. The van der Waals surface area contributed by atoms with E-state index in [1.165, 1.54) is 11.1 Å². The first-order valence-electron chi connectivity index (χ1n) is 8.93. The molecule has 23 heavy (non-hydrogen) atoms. The lowest BCUT2D eigenvalue weighted by Gasteiger charge is -2.48. The maximum absolute atomic E-state index is 10.9. The fourth-order valence-corrected chi connectivity index (χ4v) is 5.47. The van der Waals surface area contributed by atoms with Gasteiger partial charge in [0.2, 0.25) is 0 Å². The normalized spacial score (nSPS) is 38.6. The van der Waals surface area contributed by atoms with Crippen molar-refractivity contribution in [3.05, 3.63) is 23.3 Å². The van der Waals surface area contributed by atoms with Gasteiger partial charge in [0.15, 0.2) is 11.5 Å². The number of benzene rings is 1. The van der Waals surface area contributed by atoms with Gasteiger partial charge in [-0.05, 0) is 86.5 Å². The molecule has 126 valence electrons. The Kier molecular flexibility index (Phi) is 3.58. The Morgan fingerprint density at radius 3 is 2.83 bits per heavy atom. The maximum atomic E-state index is 10.9. The van der Waals surface area contributed by atoms with Gasteiger partial charge in [0.05, 0.1) is 18.3 Å². The fraction of sp³-hybridized carbons (Fsp3) is 0.684. The predicted molar refractivity (Wildman–Crippen MR) is 86.7 cm³/mol. The van der Waals surface area contributed by atoms with E-state index < -0.39 is 11.7 Å². The second kappa shape index (κ2) is 5.38. The van der Waals surface area contributed by atoms with Gasteiger partial charge in [-0.25, -0.2) is 0 Å². The summed E-state index contributed by atoms with van der Waals surface area (Å²) in [4.78, 5) is 0. The van der Waals surface area contributed by atoms with Crippen LogP contribution < -0.4 is 4.74 Å². The molecule has 0 radical (unpaired) electrons. The molecule has 0 bridgehead atoms. The van der Waals surface area contributed by atoms with Crippen molar-refractivity contribution in [3.63, 3.8) is 0 Å². The highest BCUT2D eigenvalue weighted by Crippen LogP contribution is 2.57. The van der Waals surface area contributed by atoms with Crippen LogP contribution in [0.5, 0.6) is 11.5 Å². The molecule has 0 saturated heterocycles. The minimum absolute atomic E-state index is 0.203. The number of hydrogen-bond acceptors (Lipinski definition) is 4. The van der Waals surface area contributed by atoms with Crippen molar-refractivity contribution >= 4 is 0 Å². The SMILES string of the molecule is CCOc1cc2c(cc1O)CCC1C2CC[C@@]2(O)C1CC[C@@H]2O. The van der Waals surface area contributed by atoms with Gasteiger partial charge in [-0.15, -0.1) is 0 Å². The molecule has 3 unspecified atom stereocenters. The molecule has 4 nitrogen and oxygen atoms in total. The number of aromatic hydroxyl groups is 1. The summed E-state index contributed by atoms with van der Waals surface area (Å²) in [5.41, 5.74) is 1.63. The van der Waals surface area contributed by atoms with Crippen LogP contribution in [0.2, 0.25) is 0 Å². The summed E-state index contributed by atoms with van der Waals surface area (Å²) in [5, 5.41) is 31.3. The number of phenols is 1. The molecule has 4 rings (SSSR count). The highest BCUT2D eigenvalue weighted by atomic mass is 16.5. The number of aliphatic hydroxyl groups is 2. The van der Waals surface area contributed by atoms with E-state index in [1.807, 2.05) is 19.1 Å². The average Bonchev–Trinajstić information content (AvgIpc) is 2.84.